The molecule has 6 heteroatoms. The van der Waals surface area contributed by atoms with Gasteiger partial charge in [-0.15, -0.1) is 19.8 Å². The maximum atomic E-state index is 8.93. The Morgan fingerprint density at radius 1 is 1.00 bits per heavy atom. The molecule has 0 heterocycles. The Hall–Kier alpha value is 2.62. The van der Waals surface area contributed by atoms with Crippen molar-refractivity contribution in [3.8, 4) is 0 Å². The summed E-state index contributed by atoms with van der Waals surface area (Å²) in [5.41, 5.74) is 0. The molecule has 0 saturated heterocycles. The van der Waals surface area contributed by atoms with Crippen LogP contribution in [0.1, 0.15) is 27.7 Å². The maximum absolute atomic E-state index is 8.93. The molecule has 0 radical (unpaired) electrons. The van der Waals surface area contributed by atoms with Gasteiger partial charge in [-0.1, -0.05) is 29.8 Å². The van der Waals surface area contributed by atoms with Crippen molar-refractivity contribution in [3.63, 3.8) is 0 Å². The number of hydrogen-bond acceptors (Lipinski definition) is 2. The van der Waals surface area contributed by atoms with Crippen molar-refractivity contribution in [3.05, 3.63) is 13.2 Å². The molecule has 16 heavy (non-hydrogen) atoms. The van der Waals surface area contributed by atoms with E-state index in [1.165, 1.54) is 0 Å². The van der Waals surface area contributed by atoms with Gasteiger partial charge >= 0.3 is 59.1 Å². The second kappa shape index (κ2) is 83.8. The molecule has 0 aliphatic heterocycles. The summed E-state index contributed by atoms with van der Waals surface area (Å²) in [5, 5.41) is 9.99. The van der Waals surface area contributed by atoms with E-state index < -0.39 is 0 Å². The summed E-state index contributed by atoms with van der Waals surface area (Å²) >= 11 is 3.15. The van der Waals surface area contributed by atoms with Crippen molar-refractivity contribution in [1.82, 2.24) is 0 Å². The van der Waals surface area contributed by atoms with E-state index in [4.69, 9.17) is 9.84 Å². The largest absolute Gasteiger partial charge is 1.00 e. The van der Waals surface area contributed by atoms with Crippen LogP contribution in [0.3, 0.4) is 0 Å². The Balaban J connectivity index is -0.0000000134. The molecular formula is C10H24Br2Na2O2. The summed E-state index contributed by atoms with van der Waals surface area (Å²) in [6.07, 6.45) is 0. The molecule has 0 fully saturated rings. The van der Waals surface area contributed by atoms with Crippen molar-refractivity contribution in [1.29, 1.82) is 0 Å². The summed E-state index contributed by atoms with van der Waals surface area (Å²) in [6.45, 7) is 15.3. The first-order valence-electron chi connectivity index (χ1n) is 4.46. The van der Waals surface area contributed by atoms with Gasteiger partial charge in [0, 0.05) is 18.5 Å². The van der Waals surface area contributed by atoms with Crippen LogP contribution in [0.4, 0.5) is 0 Å². The van der Waals surface area contributed by atoms with E-state index in [0.29, 0.717) is 0 Å². The molecule has 0 amide bonds. The first-order valence-corrected chi connectivity index (χ1v) is 5.58. The number of alkyl halides is 1. The molecule has 0 aromatic heterocycles. The standard InChI is InChI=1S/C4H10O.C2H5Br.C2H5O.C2H4.BrH.2Na/c1-3-5-4-2;2*1-2-3;1-2;;;/h3-4H2,1-2H3;2*2H2,1H3;1-2H2;1H;;/q;;-1;;;2*+1/p-1. The summed E-state index contributed by atoms with van der Waals surface area (Å²) in [6, 6.07) is 0. The van der Waals surface area contributed by atoms with Crippen molar-refractivity contribution >= 4 is 15.9 Å². The van der Waals surface area contributed by atoms with Crippen molar-refractivity contribution in [2.75, 3.05) is 25.2 Å². The molecule has 0 saturated carbocycles. The third-order valence-electron chi connectivity index (χ3n) is 0.408. The SMILES string of the molecule is C=C.CCBr.CCOCC.CC[O-].[Br-].[Na+].[Na+]. The zero-order valence-electron chi connectivity index (χ0n) is 11.8. The molecular weight excluding hydrogens is 358 g/mol. The monoisotopic (exact) mass is 380 g/mol. The molecule has 0 rings (SSSR count). The molecule has 0 bridgehead atoms. The molecule has 92 valence electrons. The molecule has 0 spiro atoms. The number of rotatable bonds is 2. The van der Waals surface area contributed by atoms with Crippen LogP contribution < -0.4 is 81.2 Å². The van der Waals surface area contributed by atoms with Gasteiger partial charge in [0.1, 0.15) is 0 Å². The van der Waals surface area contributed by atoms with Crippen molar-refractivity contribution in [2.45, 2.75) is 27.7 Å². The van der Waals surface area contributed by atoms with Gasteiger partial charge in [-0.3, -0.25) is 0 Å². The van der Waals surface area contributed by atoms with Crippen molar-refractivity contribution < 1.29 is 85.9 Å². The minimum absolute atomic E-state index is 0. The maximum Gasteiger partial charge on any atom is 1.00 e. The van der Waals surface area contributed by atoms with Gasteiger partial charge in [-0.2, -0.15) is 0 Å². The van der Waals surface area contributed by atoms with Crippen LogP contribution in [0.15, 0.2) is 13.2 Å². The van der Waals surface area contributed by atoms with Crippen LogP contribution in [-0.4, -0.2) is 25.2 Å². The van der Waals surface area contributed by atoms with E-state index in [1.54, 1.807) is 6.92 Å². The normalized spacial score (nSPS) is 5.12. The fourth-order valence-electron chi connectivity index (χ4n) is 0.204. The molecule has 0 aromatic rings. The second-order valence-electron chi connectivity index (χ2n) is 1.34. The fraction of sp³-hybridized carbons (Fsp3) is 0.800. The Morgan fingerprint density at radius 3 is 1.12 bits per heavy atom. The quantitative estimate of drug-likeness (QED) is 0.271. The predicted molar refractivity (Wildman–Crippen MR) is 63.4 cm³/mol. The zero-order chi connectivity index (χ0) is 11.5. The van der Waals surface area contributed by atoms with Gasteiger partial charge in [-0.25, -0.2) is 0 Å². The van der Waals surface area contributed by atoms with Crippen LogP contribution in [-0.2, 0) is 4.74 Å². The van der Waals surface area contributed by atoms with E-state index in [1.807, 2.05) is 20.8 Å². The third-order valence-corrected chi connectivity index (χ3v) is 0.408. The van der Waals surface area contributed by atoms with Crippen LogP contribution in [0.25, 0.3) is 0 Å². The minimum atomic E-state index is 0. The van der Waals surface area contributed by atoms with Gasteiger partial charge in [-0.05, 0) is 13.8 Å². The molecule has 0 atom stereocenters. The average Bonchev–Trinajstić information content (AvgIpc) is 2.12. The van der Waals surface area contributed by atoms with E-state index in [0.717, 1.165) is 18.5 Å². The minimum Gasteiger partial charge on any atom is -1.00 e. The summed E-state index contributed by atoms with van der Waals surface area (Å²) < 4.78 is 4.83. The molecule has 0 aliphatic carbocycles. The Bertz CT molecular complexity index is 51.8. The van der Waals surface area contributed by atoms with Crippen LogP contribution in [0.5, 0.6) is 0 Å². The summed E-state index contributed by atoms with van der Waals surface area (Å²) in [4.78, 5) is 0. The topological polar surface area (TPSA) is 32.3 Å². The van der Waals surface area contributed by atoms with Gasteiger partial charge in [0.2, 0.25) is 0 Å². The van der Waals surface area contributed by atoms with E-state index in [2.05, 4.69) is 29.1 Å². The van der Waals surface area contributed by atoms with Crippen LogP contribution in [0.2, 0.25) is 0 Å². The number of hydrogen-bond donors (Lipinski definition) is 0. The molecule has 0 aliphatic rings. The van der Waals surface area contributed by atoms with E-state index in [-0.39, 0.29) is 82.7 Å². The molecule has 0 aromatic carbocycles. The first kappa shape index (κ1) is 42.8. The first-order chi connectivity index (χ1) is 6.24. The predicted octanol–water partition coefficient (Wildman–Crippen LogP) is -6.38. The second-order valence-corrected chi connectivity index (χ2v) is 2.46. The number of halogens is 2. The smallest absolute Gasteiger partial charge is 1.00 e. The molecule has 0 unspecified atom stereocenters. The fourth-order valence-corrected chi connectivity index (χ4v) is 0.204. The van der Waals surface area contributed by atoms with Gasteiger partial charge in [0.15, 0.2) is 0 Å². The van der Waals surface area contributed by atoms with Crippen LogP contribution in [0, 0.1) is 0 Å². The van der Waals surface area contributed by atoms with Gasteiger partial charge in [0.05, 0.1) is 0 Å². The van der Waals surface area contributed by atoms with Gasteiger partial charge < -0.3 is 26.8 Å². The molecule has 0 N–H and O–H groups in total. The van der Waals surface area contributed by atoms with Crippen molar-refractivity contribution in [2.24, 2.45) is 0 Å². The molecule has 2 nitrogen and oxygen atoms in total. The zero-order valence-corrected chi connectivity index (χ0v) is 19.0. The number of ether oxygens (including phenoxy) is 1. The van der Waals surface area contributed by atoms with Gasteiger partial charge in [0.25, 0.3) is 0 Å². The average molecular weight is 382 g/mol. The Labute approximate surface area is 165 Å². The summed E-state index contributed by atoms with van der Waals surface area (Å²) in [7, 11) is 0. The Kier molecular flexibility index (Phi) is 224. The van der Waals surface area contributed by atoms with Crippen LogP contribution >= 0.6 is 15.9 Å². The Morgan fingerprint density at radius 2 is 1.12 bits per heavy atom. The van der Waals surface area contributed by atoms with E-state index >= 15 is 0 Å². The third kappa shape index (κ3) is 190. The summed E-state index contributed by atoms with van der Waals surface area (Å²) in [5.74, 6) is 0. The van der Waals surface area contributed by atoms with E-state index in [9.17, 15) is 0 Å².